The van der Waals surface area contributed by atoms with Crippen LogP contribution >= 0.6 is 35.0 Å². The molecule has 0 aliphatic carbocycles. The van der Waals surface area contributed by atoms with Gasteiger partial charge in [0.15, 0.2) is 23.4 Å². The first-order valence-corrected chi connectivity index (χ1v) is 16.4. The van der Waals surface area contributed by atoms with E-state index in [-0.39, 0.29) is 23.7 Å². The summed E-state index contributed by atoms with van der Waals surface area (Å²) in [4.78, 5) is 26.8. The molecule has 48 heavy (non-hydrogen) atoms. The minimum Gasteiger partial charge on any atom is -0.494 e. The SMILES string of the molecule is CCOc1ccc(-n2c(=O)c3ccc(Cl)cc3n3c(COC(=O)CSc4nnc(-c5cccc(Cl)c5)n4Cc4ccco4)nnc23)cc1. The van der Waals surface area contributed by atoms with Crippen LogP contribution in [0.2, 0.25) is 10.0 Å². The van der Waals surface area contributed by atoms with Crippen LogP contribution in [0.4, 0.5) is 0 Å². The Morgan fingerprint density at radius 1 is 0.938 bits per heavy atom. The molecule has 0 bridgehead atoms. The molecule has 7 rings (SSSR count). The molecule has 0 aliphatic rings. The third-order valence-electron chi connectivity index (χ3n) is 7.33. The lowest BCUT2D eigenvalue weighted by atomic mass is 10.2. The van der Waals surface area contributed by atoms with Crippen LogP contribution in [0.5, 0.6) is 5.75 Å². The van der Waals surface area contributed by atoms with E-state index < -0.39 is 5.97 Å². The van der Waals surface area contributed by atoms with E-state index >= 15 is 0 Å². The Balaban J connectivity index is 1.15. The first kappa shape index (κ1) is 31.5. The zero-order valence-corrected chi connectivity index (χ0v) is 27.6. The number of carbonyl (C=O) groups excluding carboxylic acids is 1. The summed E-state index contributed by atoms with van der Waals surface area (Å²) in [6.45, 7) is 2.54. The number of fused-ring (bicyclic) bond motifs is 3. The number of hydrogen-bond donors (Lipinski definition) is 0. The summed E-state index contributed by atoms with van der Waals surface area (Å²) in [5, 5.41) is 19.2. The standard InChI is InChI=1S/C33H25Cl2N7O5S/c1-2-45-24-11-9-23(10-12-24)41-31(44)26-13-8-22(35)16-27(26)42-28(36-38-32(41)42)18-47-29(43)19-48-33-39-37-30(20-5-3-6-21(34)15-20)40(33)17-25-7-4-14-46-25/h3-16H,2,17-19H2,1H3. The normalized spacial score (nSPS) is 11.4. The largest absolute Gasteiger partial charge is 0.494 e. The van der Waals surface area contributed by atoms with Crippen molar-refractivity contribution in [3.63, 3.8) is 0 Å². The van der Waals surface area contributed by atoms with Crippen molar-refractivity contribution >= 4 is 57.6 Å². The number of carbonyl (C=O) groups is 1. The zero-order chi connectivity index (χ0) is 33.2. The Morgan fingerprint density at radius 2 is 1.77 bits per heavy atom. The summed E-state index contributed by atoms with van der Waals surface area (Å²) in [6, 6.07) is 23.0. The predicted octanol–water partition coefficient (Wildman–Crippen LogP) is 6.47. The molecule has 0 radical (unpaired) electrons. The van der Waals surface area contributed by atoms with Crippen molar-refractivity contribution in [2.75, 3.05) is 12.4 Å². The number of benzene rings is 3. The van der Waals surface area contributed by atoms with E-state index in [0.29, 0.717) is 68.1 Å². The van der Waals surface area contributed by atoms with Crippen molar-refractivity contribution < 1.29 is 18.7 Å². The second kappa shape index (κ2) is 13.6. The summed E-state index contributed by atoms with van der Waals surface area (Å²) in [6.07, 6.45) is 1.59. The van der Waals surface area contributed by atoms with Crippen LogP contribution in [0, 0.1) is 0 Å². The molecular weight excluding hydrogens is 677 g/mol. The minimum absolute atomic E-state index is 0.0635. The maximum absolute atomic E-state index is 13.7. The molecule has 7 aromatic rings. The molecule has 0 amide bonds. The van der Waals surface area contributed by atoms with Crippen LogP contribution < -0.4 is 10.3 Å². The van der Waals surface area contributed by atoms with E-state index in [1.807, 2.05) is 29.7 Å². The van der Waals surface area contributed by atoms with E-state index in [2.05, 4.69) is 20.4 Å². The van der Waals surface area contributed by atoms with Gasteiger partial charge in [-0.25, -0.2) is 4.57 Å². The minimum atomic E-state index is -0.518. The van der Waals surface area contributed by atoms with Gasteiger partial charge in [0.1, 0.15) is 11.5 Å². The maximum Gasteiger partial charge on any atom is 0.316 e. The molecule has 0 unspecified atom stereocenters. The number of halogens is 2. The van der Waals surface area contributed by atoms with Gasteiger partial charge >= 0.3 is 5.97 Å². The van der Waals surface area contributed by atoms with E-state index in [4.69, 9.17) is 37.1 Å². The molecule has 3 aromatic carbocycles. The molecule has 4 heterocycles. The summed E-state index contributed by atoms with van der Waals surface area (Å²) in [5.74, 6) is 1.89. The Bertz CT molecular complexity index is 2320. The number of esters is 1. The van der Waals surface area contributed by atoms with Crippen molar-refractivity contribution in [3.05, 3.63) is 117 Å². The number of rotatable bonds is 11. The first-order chi connectivity index (χ1) is 23.4. The van der Waals surface area contributed by atoms with E-state index in [1.165, 1.54) is 16.3 Å². The first-order valence-electron chi connectivity index (χ1n) is 14.7. The Hall–Kier alpha value is -5.11. The highest BCUT2D eigenvalue weighted by Crippen LogP contribution is 2.28. The number of aromatic nitrogens is 7. The fraction of sp³-hybridized carbons (Fsp3) is 0.152. The van der Waals surface area contributed by atoms with Crippen LogP contribution in [0.3, 0.4) is 0 Å². The zero-order valence-electron chi connectivity index (χ0n) is 25.2. The van der Waals surface area contributed by atoms with E-state index in [0.717, 1.165) is 5.56 Å². The molecule has 0 atom stereocenters. The third-order valence-corrected chi connectivity index (χ3v) is 8.74. The van der Waals surface area contributed by atoms with Gasteiger partial charge in [0.2, 0.25) is 5.78 Å². The van der Waals surface area contributed by atoms with Gasteiger partial charge in [0.05, 0.1) is 41.8 Å². The summed E-state index contributed by atoms with van der Waals surface area (Å²) in [7, 11) is 0. The van der Waals surface area contributed by atoms with Gasteiger partial charge in [-0.05, 0) is 73.7 Å². The topological polar surface area (TPSA) is 132 Å². The van der Waals surface area contributed by atoms with Crippen molar-refractivity contribution in [3.8, 4) is 22.8 Å². The third kappa shape index (κ3) is 6.27. The van der Waals surface area contributed by atoms with Gasteiger partial charge in [-0.2, -0.15) is 0 Å². The van der Waals surface area contributed by atoms with Crippen molar-refractivity contribution in [2.24, 2.45) is 0 Å². The second-order valence-electron chi connectivity index (χ2n) is 10.4. The van der Waals surface area contributed by atoms with Crippen LogP contribution in [-0.2, 0) is 22.7 Å². The Labute approximate surface area is 286 Å². The molecule has 0 N–H and O–H groups in total. The summed E-state index contributed by atoms with van der Waals surface area (Å²) < 4.78 is 21.7. The fourth-order valence-electron chi connectivity index (χ4n) is 5.21. The smallest absolute Gasteiger partial charge is 0.316 e. The second-order valence-corrected chi connectivity index (χ2v) is 12.2. The number of ether oxygens (including phenoxy) is 2. The lowest BCUT2D eigenvalue weighted by Gasteiger charge is -2.12. The molecule has 12 nitrogen and oxygen atoms in total. The highest BCUT2D eigenvalue weighted by atomic mass is 35.5. The monoisotopic (exact) mass is 701 g/mol. The van der Waals surface area contributed by atoms with Crippen LogP contribution in [0.1, 0.15) is 18.5 Å². The fourth-order valence-corrected chi connectivity index (χ4v) is 6.31. The summed E-state index contributed by atoms with van der Waals surface area (Å²) in [5.41, 5.74) is 1.51. The van der Waals surface area contributed by atoms with Crippen molar-refractivity contribution in [1.82, 2.24) is 33.9 Å². The quantitative estimate of drug-likeness (QED) is 0.109. The lowest BCUT2D eigenvalue weighted by molar-refractivity contribution is -0.141. The molecular formula is C33H25Cl2N7O5S. The van der Waals surface area contributed by atoms with E-state index in [9.17, 15) is 9.59 Å². The van der Waals surface area contributed by atoms with Gasteiger partial charge < -0.3 is 13.9 Å². The van der Waals surface area contributed by atoms with Gasteiger partial charge in [0, 0.05) is 15.6 Å². The molecule has 4 aromatic heterocycles. The molecule has 15 heteroatoms. The average Bonchev–Trinajstić information content (AvgIpc) is 3.85. The molecule has 0 aliphatic heterocycles. The predicted molar refractivity (Wildman–Crippen MR) is 181 cm³/mol. The highest BCUT2D eigenvalue weighted by molar-refractivity contribution is 7.99. The van der Waals surface area contributed by atoms with Crippen LogP contribution in [0.25, 0.3) is 33.8 Å². The van der Waals surface area contributed by atoms with Gasteiger partial charge in [-0.1, -0.05) is 47.1 Å². The molecule has 0 saturated carbocycles. The van der Waals surface area contributed by atoms with Gasteiger partial charge in [0.25, 0.3) is 5.56 Å². The number of furan rings is 1. The number of hydrogen-bond acceptors (Lipinski definition) is 10. The Kier molecular flexibility index (Phi) is 8.89. The molecule has 0 fully saturated rings. The molecule has 0 spiro atoms. The van der Waals surface area contributed by atoms with Crippen molar-refractivity contribution in [2.45, 2.75) is 25.2 Å². The molecule has 242 valence electrons. The van der Waals surface area contributed by atoms with Crippen molar-refractivity contribution in [1.29, 1.82) is 0 Å². The number of nitrogens with zero attached hydrogens (tertiary/aromatic N) is 7. The summed E-state index contributed by atoms with van der Waals surface area (Å²) >= 11 is 13.7. The molecule has 0 saturated heterocycles. The van der Waals surface area contributed by atoms with Crippen LogP contribution in [-0.4, -0.2) is 52.3 Å². The highest BCUT2D eigenvalue weighted by Gasteiger charge is 2.21. The average molecular weight is 703 g/mol. The number of thioether (sulfide) groups is 1. The maximum atomic E-state index is 13.7. The van der Waals surface area contributed by atoms with Gasteiger partial charge in [-0.3, -0.25) is 18.6 Å². The van der Waals surface area contributed by atoms with E-state index in [1.54, 1.807) is 71.3 Å². The van der Waals surface area contributed by atoms with Crippen LogP contribution in [0.15, 0.2) is 99.5 Å². The Morgan fingerprint density at radius 3 is 2.54 bits per heavy atom. The lowest BCUT2D eigenvalue weighted by Crippen LogP contribution is -2.22. The van der Waals surface area contributed by atoms with Gasteiger partial charge in [-0.15, -0.1) is 20.4 Å².